The van der Waals surface area contributed by atoms with Crippen molar-refractivity contribution in [2.45, 2.75) is 13.0 Å². The summed E-state index contributed by atoms with van der Waals surface area (Å²) in [4.78, 5) is 34.8. The summed E-state index contributed by atoms with van der Waals surface area (Å²) in [6, 6.07) is 0. The van der Waals surface area contributed by atoms with Crippen LogP contribution in [0.5, 0.6) is 0 Å². The van der Waals surface area contributed by atoms with Gasteiger partial charge in [-0.2, -0.15) is 0 Å². The minimum absolute atomic E-state index is 0.217. The first-order valence-corrected chi connectivity index (χ1v) is 6.98. The Kier molecular flexibility index (Phi) is 4.79. The van der Waals surface area contributed by atoms with Gasteiger partial charge in [-0.05, 0) is 18.6 Å². The highest BCUT2D eigenvalue weighted by molar-refractivity contribution is 7.80. The number of amides is 2. The smallest absolute Gasteiger partial charge is 0.246 e. The highest BCUT2D eigenvalue weighted by atomic mass is 32.1. The summed E-state index contributed by atoms with van der Waals surface area (Å²) in [6.45, 7) is 1.35. The molecule has 1 aliphatic rings. The van der Waals surface area contributed by atoms with Gasteiger partial charge in [0.2, 0.25) is 11.8 Å². The topological polar surface area (TPSA) is 70.8 Å². The summed E-state index contributed by atoms with van der Waals surface area (Å²) in [5.74, 6) is -1.54. The molecule has 7 nitrogen and oxygen atoms in total. The number of aliphatic imine (C=N–C) groups is 1. The van der Waals surface area contributed by atoms with Crippen LogP contribution in [-0.2, 0) is 16.1 Å². The molecule has 1 aromatic rings. The van der Waals surface area contributed by atoms with E-state index in [-0.39, 0.29) is 16.9 Å². The van der Waals surface area contributed by atoms with Crippen molar-refractivity contribution in [3.05, 3.63) is 18.7 Å². The largest absolute Gasteiger partial charge is 0.337 e. The Hall–Kier alpha value is -2.09. The summed E-state index contributed by atoms with van der Waals surface area (Å²) in [7, 11) is 3.13. The van der Waals surface area contributed by atoms with Crippen LogP contribution in [0.25, 0.3) is 0 Å². The number of aromatic nitrogens is 2. The molecule has 1 aromatic heterocycles. The Labute approximate surface area is 128 Å². The van der Waals surface area contributed by atoms with Gasteiger partial charge >= 0.3 is 0 Å². The zero-order valence-electron chi connectivity index (χ0n) is 12.0. The highest BCUT2D eigenvalue weighted by Crippen LogP contribution is 2.13. The van der Waals surface area contributed by atoms with Gasteiger partial charge < -0.3 is 4.57 Å². The fourth-order valence-electron chi connectivity index (χ4n) is 2.01. The Morgan fingerprint density at radius 2 is 2.00 bits per heavy atom. The normalized spacial score (nSPS) is 17.3. The molecule has 0 N–H and O–H groups in total. The van der Waals surface area contributed by atoms with Crippen molar-refractivity contribution < 1.29 is 9.59 Å². The van der Waals surface area contributed by atoms with Crippen molar-refractivity contribution in [2.75, 3.05) is 20.6 Å². The Balaban J connectivity index is 1.88. The first-order valence-electron chi connectivity index (χ1n) is 6.57. The quantitative estimate of drug-likeness (QED) is 0.337. The predicted molar refractivity (Wildman–Crippen MR) is 81.8 cm³/mol. The summed E-state index contributed by atoms with van der Waals surface area (Å²) in [5, 5.41) is 0.217. The van der Waals surface area contributed by atoms with Crippen LogP contribution in [0, 0.1) is 5.92 Å². The number of nitrogens with zero attached hydrogens (tertiary/aromatic N) is 5. The average molecular weight is 307 g/mol. The van der Waals surface area contributed by atoms with Crippen LogP contribution in [0.1, 0.15) is 6.42 Å². The van der Waals surface area contributed by atoms with E-state index in [0.29, 0.717) is 6.54 Å². The molecule has 0 unspecified atom stereocenters. The third kappa shape index (κ3) is 3.33. The number of carbonyl (C=O) groups is 2. The molecule has 21 heavy (non-hydrogen) atoms. The van der Waals surface area contributed by atoms with E-state index < -0.39 is 5.92 Å². The zero-order valence-corrected chi connectivity index (χ0v) is 12.8. The van der Waals surface area contributed by atoms with Crippen LogP contribution < -0.4 is 0 Å². The van der Waals surface area contributed by atoms with E-state index in [9.17, 15) is 9.59 Å². The highest BCUT2D eigenvalue weighted by Gasteiger charge is 2.39. The SMILES string of the molecule is CN1C(=O)C(C=NCCCn2ccnc2)C(=O)N(C)C1=S. The monoisotopic (exact) mass is 307 g/mol. The summed E-state index contributed by atoms with van der Waals surface area (Å²) in [5.41, 5.74) is 0. The second-order valence-corrected chi connectivity index (χ2v) is 5.13. The second-order valence-electron chi connectivity index (χ2n) is 4.76. The number of hydrogen-bond acceptors (Lipinski definition) is 5. The molecule has 1 saturated heterocycles. The van der Waals surface area contributed by atoms with Crippen LogP contribution in [0.4, 0.5) is 0 Å². The molecule has 112 valence electrons. The van der Waals surface area contributed by atoms with Crippen LogP contribution in [0.3, 0.4) is 0 Å². The van der Waals surface area contributed by atoms with E-state index in [1.54, 1.807) is 26.6 Å². The van der Waals surface area contributed by atoms with Gasteiger partial charge in [0, 0.05) is 45.8 Å². The van der Waals surface area contributed by atoms with Crippen LogP contribution >= 0.6 is 12.2 Å². The van der Waals surface area contributed by atoms with Crippen molar-refractivity contribution >= 4 is 35.4 Å². The van der Waals surface area contributed by atoms with Gasteiger partial charge in [-0.25, -0.2) is 4.98 Å². The number of hydrogen-bond donors (Lipinski definition) is 0. The molecular weight excluding hydrogens is 290 g/mol. The van der Waals surface area contributed by atoms with Crippen LogP contribution in [-0.4, -0.2) is 63.1 Å². The van der Waals surface area contributed by atoms with Crippen molar-refractivity contribution in [1.82, 2.24) is 19.4 Å². The van der Waals surface area contributed by atoms with Crippen molar-refractivity contribution in [3.63, 3.8) is 0 Å². The molecule has 2 heterocycles. The Morgan fingerprint density at radius 3 is 2.57 bits per heavy atom. The third-order valence-corrected chi connectivity index (χ3v) is 3.83. The summed E-state index contributed by atoms with van der Waals surface area (Å²) >= 11 is 5.01. The van der Waals surface area contributed by atoms with Crippen molar-refractivity contribution in [1.29, 1.82) is 0 Å². The number of thiocarbonyl (C=S) groups is 1. The predicted octanol–water partition coefficient (Wildman–Crippen LogP) is 0.175. The molecule has 0 aliphatic carbocycles. The van der Waals surface area contributed by atoms with Crippen molar-refractivity contribution in [3.8, 4) is 0 Å². The van der Waals surface area contributed by atoms with E-state index in [2.05, 4.69) is 9.98 Å². The second kappa shape index (κ2) is 6.57. The molecule has 1 fully saturated rings. The van der Waals surface area contributed by atoms with Gasteiger partial charge in [0.15, 0.2) is 11.0 Å². The van der Waals surface area contributed by atoms with Gasteiger partial charge in [0.1, 0.15) is 0 Å². The first-order chi connectivity index (χ1) is 10.0. The molecule has 0 atom stereocenters. The fraction of sp³-hybridized carbons (Fsp3) is 0.462. The molecule has 0 bridgehead atoms. The maximum Gasteiger partial charge on any atom is 0.246 e. The zero-order chi connectivity index (χ0) is 15.4. The van der Waals surface area contributed by atoms with Crippen LogP contribution in [0.15, 0.2) is 23.7 Å². The van der Waals surface area contributed by atoms with Gasteiger partial charge in [-0.15, -0.1) is 0 Å². The standard InChI is InChI=1S/C13H17N5O2S/c1-16-11(19)10(12(20)17(2)13(16)21)8-14-4-3-6-18-7-5-15-9-18/h5,7-10H,3-4,6H2,1-2H3. The molecule has 2 rings (SSSR count). The number of imidazole rings is 1. The molecule has 0 saturated carbocycles. The third-order valence-electron chi connectivity index (χ3n) is 3.28. The molecule has 8 heteroatoms. The molecule has 1 aliphatic heterocycles. The lowest BCUT2D eigenvalue weighted by molar-refractivity contribution is -0.142. The maximum atomic E-state index is 12.0. The van der Waals surface area contributed by atoms with Crippen LogP contribution in [0.2, 0.25) is 0 Å². The minimum Gasteiger partial charge on any atom is -0.337 e. The molecule has 0 radical (unpaired) electrons. The van der Waals surface area contributed by atoms with E-state index in [1.165, 1.54) is 16.0 Å². The lowest BCUT2D eigenvalue weighted by Gasteiger charge is -2.33. The average Bonchev–Trinajstić information content (AvgIpc) is 2.99. The number of carbonyl (C=O) groups excluding carboxylic acids is 2. The molecule has 2 amide bonds. The number of rotatable bonds is 5. The summed E-state index contributed by atoms with van der Waals surface area (Å²) < 4.78 is 1.95. The van der Waals surface area contributed by atoms with E-state index in [1.807, 2.05) is 10.8 Å². The first kappa shape index (κ1) is 15.3. The number of aryl methyl sites for hydroxylation is 1. The Morgan fingerprint density at radius 1 is 1.33 bits per heavy atom. The maximum absolute atomic E-state index is 12.0. The lowest BCUT2D eigenvalue weighted by Crippen LogP contribution is -2.57. The van der Waals surface area contributed by atoms with E-state index in [4.69, 9.17) is 12.2 Å². The molecule has 0 aromatic carbocycles. The Bertz CT molecular complexity index is 545. The minimum atomic E-state index is -0.875. The fourth-order valence-corrected chi connectivity index (χ4v) is 2.19. The lowest BCUT2D eigenvalue weighted by atomic mass is 10.1. The molecule has 0 spiro atoms. The summed E-state index contributed by atoms with van der Waals surface area (Å²) in [6.07, 6.45) is 7.57. The van der Waals surface area contributed by atoms with Gasteiger partial charge in [-0.1, -0.05) is 0 Å². The van der Waals surface area contributed by atoms with Crippen molar-refractivity contribution in [2.24, 2.45) is 10.9 Å². The van der Waals surface area contributed by atoms with E-state index in [0.717, 1.165) is 13.0 Å². The van der Waals surface area contributed by atoms with Gasteiger partial charge in [-0.3, -0.25) is 24.4 Å². The van der Waals surface area contributed by atoms with Gasteiger partial charge in [0.25, 0.3) is 0 Å². The van der Waals surface area contributed by atoms with E-state index >= 15 is 0 Å². The van der Waals surface area contributed by atoms with Gasteiger partial charge in [0.05, 0.1) is 6.33 Å². The molecular formula is C13H17N5O2S.